The molecule has 2 amide bonds. The van der Waals surface area contributed by atoms with Crippen molar-refractivity contribution in [2.24, 2.45) is 0 Å². The summed E-state index contributed by atoms with van der Waals surface area (Å²) in [6, 6.07) is 13.3. The zero-order chi connectivity index (χ0) is 18.9. The second-order valence-electron chi connectivity index (χ2n) is 6.10. The van der Waals surface area contributed by atoms with Gasteiger partial charge in [-0.05, 0) is 49.4 Å². The number of halogens is 1. The Kier molecular flexibility index (Phi) is 7.29. The van der Waals surface area contributed by atoms with E-state index in [4.69, 9.17) is 0 Å². The first kappa shape index (κ1) is 19.6. The van der Waals surface area contributed by atoms with Gasteiger partial charge < -0.3 is 10.6 Å². The summed E-state index contributed by atoms with van der Waals surface area (Å²) in [5.74, 6) is -0.647. The largest absolute Gasteiger partial charge is 0.326 e. The highest BCUT2D eigenvalue weighted by Crippen LogP contribution is 2.15. The van der Waals surface area contributed by atoms with Gasteiger partial charge in [-0.2, -0.15) is 0 Å². The van der Waals surface area contributed by atoms with Gasteiger partial charge in [-0.15, -0.1) is 0 Å². The number of carbonyl (C=O) groups is 2. The molecule has 0 saturated heterocycles. The van der Waals surface area contributed by atoms with Gasteiger partial charge in [-0.25, -0.2) is 4.39 Å². The molecular weight excluding hydrogens is 333 g/mol. The maximum Gasteiger partial charge on any atom is 0.238 e. The fourth-order valence-corrected chi connectivity index (χ4v) is 2.51. The van der Waals surface area contributed by atoms with Gasteiger partial charge in [0, 0.05) is 24.3 Å². The maximum absolute atomic E-state index is 12.8. The minimum Gasteiger partial charge on any atom is -0.326 e. The number of nitrogens with zero attached hydrogens (tertiary/aromatic N) is 1. The fourth-order valence-electron chi connectivity index (χ4n) is 2.51. The van der Waals surface area contributed by atoms with Gasteiger partial charge in [-0.3, -0.25) is 14.5 Å². The number of likely N-dealkylation sites (N-methyl/N-ethyl adjacent to an activating group) is 1. The normalized spacial score (nSPS) is 10.6. The molecule has 26 heavy (non-hydrogen) atoms. The number of hydrogen-bond donors (Lipinski definition) is 2. The van der Waals surface area contributed by atoms with Crippen LogP contribution in [0.2, 0.25) is 0 Å². The predicted molar refractivity (Wildman–Crippen MR) is 102 cm³/mol. The Morgan fingerprint density at radius 3 is 2.38 bits per heavy atom. The number of nitrogens with one attached hydrogen (secondary N) is 2. The van der Waals surface area contributed by atoms with Gasteiger partial charge in [-0.1, -0.05) is 25.1 Å². The van der Waals surface area contributed by atoms with Crippen LogP contribution in [-0.2, 0) is 16.0 Å². The van der Waals surface area contributed by atoms with E-state index >= 15 is 0 Å². The second kappa shape index (κ2) is 9.68. The molecule has 0 radical (unpaired) electrons. The standard InChI is InChI=1S/C20H24FN3O2/c1-3-15-6-4-5-7-18(15)23-20(26)14-24(2)13-12-19(25)22-17-10-8-16(21)9-11-17/h4-11H,3,12-14H2,1-2H3,(H,22,25)(H,23,26). The smallest absolute Gasteiger partial charge is 0.238 e. The summed E-state index contributed by atoms with van der Waals surface area (Å²) >= 11 is 0. The van der Waals surface area contributed by atoms with Gasteiger partial charge in [0.15, 0.2) is 0 Å². The number of rotatable bonds is 8. The molecule has 138 valence electrons. The molecule has 0 heterocycles. The van der Waals surface area contributed by atoms with E-state index in [1.807, 2.05) is 31.2 Å². The van der Waals surface area contributed by atoms with Crippen LogP contribution in [-0.4, -0.2) is 36.9 Å². The highest BCUT2D eigenvalue weighted by molar-refractivity contribution is 5.93. The summed E-state index contributed by atoms with van der Waals surface area (Å²) in [7, 11) is 1.79. The first-order chi connectivity index (χ1) is 12.5. The number of hydrogen-bond acceptors (Lipinski definition) is 3. The number of para-hydroxylation sites is 1. The summed E-state index contributed by atoms with van der Waals surface area (Å²) < 4.78 is 12.8. The van der Waals surface area contributed by atoms with Gasteiger partial charge in [0.05, 0.1) is 6.54 Å². The fraction of sp³-hybridized carbons (Fsp3) is 0.300. The Labute approximate surface area is 153 Å². The Bertz CT molecular complexity index is 747. The zero-order valence-corrected chi connectivity index (χ0v) is 15.1. The topological polar surface area (TPSA) is 61.4 Å². The third-order valence-corrected chi connectivity index (χ3v) is 3.93. The van der Waals surface area contributed by atoms with E-state index in [0.29, 0.717) is 12.2 Å². The Balaban J connectivity index is 1.75. The van der Waals surface area contributed by atoms with Crippen LogP contribution in [0, 0.1) is 5.82 Å². The van der Waals surface area contributed by atoms with Crippen LogP contribution in [0.25, 0.3) is 0 Å². The molecule has 0 spiro atoms. The lowest BCUT2D eigenvalue weighted by atomic mass is 10.1. The van der Waals surface area contributed by atoms with E-state index in [9.17, 15) is 14.0 Å². The molecule has 0 aromatic heterocycles. The lowest BCUT2D eigenvalue weighted by Gasteiger charge is -2.17. The van der Waals surface area contributed by atoms with Crippen LogP contribution in [0.4, 0.5) is 15.8 Å². The van der Waals surface area contributed by atoms with Gasteiger partial charge in [0.1, 0.15) is 5.82 Å². The number of anilines is 2. The molecule has 0 aliphatic heterocycles. The molecule has 0 aliphatic carbocycles. The van der Waals surface area contributed by atoms with E-state index in [2.05, 4.69) is 10.6 Å². The minimum atomic E-state index is -0.349. The van der Waals surface area contributed by atoms with Crippen molar-refractivity contribution in [3.05, 3.63) is 59.9 Å². The Morgan fingerprint density at radius 1 is 1.00 bits per heavy atom. The molecule has 2 N–H and O–H groups in total. The lowest BCUT2D eigenvalue weighted by Crippen LogP contribution is -2.32. The number of amides is 2. The molecule has 5 nitrogen and oxygen atoms in total. The molecule has 0 bridgehead atoms. The van der Waals surface area contributed by atoms with E-state index in [1.54, 1.807) is 11.9 Å². The summed E-state index contributed by atoms with van der Waals surface area (Å²) in [5, 5.41) is 5.61. The third kappa shape index (κ3) is 6.29. The molecule has 2 rings (SSSR count). The van der Waals surface area contributed by atoms with Crippen molar-refractivity contribution in [3.63, 3.8) is 0 Å². The van der Waals surface area contributed by atoms with Gasteiger partial charge in [0.2, 0.25) is 11.8 Å². The summed E-state index contributed by atoms with van der Waals surface area (Å²) in [6.07, 6.45) is 1.09. The van der Waals surface area contributed by atoms with E-state index < -0.39 is 0 Å². The molecule has 0 saturated carbocycles. The van der Waals surface area contributed by atoms with Crippen molar-refractivity contribution in [3.8, 4) is 0 Å². The first-order valence-corrected chi connectivity index (χ1v) is 8.59. The zero-order valence-electron chi connectivity index (χ0n) is 15.1. The highest BCUT2D eigenvalue weighted by atomic mass is 19.1. The van der Waals surface area contributed by atoms with E-state index in [-0.39, 0.29) is 30.6 Å². The molecular formula is C20H24FN3O2. The average Bonchev–Trinajstić information content (AvgIpc) is 2.62. The molecule has 0 atom stereocenters. The summed E-state index contributed by atoms with van der Waals surface area (Å²) in [6.45, 7) is 2.68. The predicted octanol–water partition coefficient (Wildman–Crippen LogP) is 3.29. The van der Waals surface area contributed by atoms with E-state index in [0.717, 1.165) is 17.7 Å². The van der Waals surface area contributed by atoms with Crippen LogP contribution in [0.15, 0.2) is 48.5 Å². The Morgan fingerprint density at radius 2 is 1.69 bits per heavy atom. The molecule has 0 aliphatic rings. The SMILES string of the molecule is CCc1ccccc1NC(=O)CN(C)CCC(=O)Nc1ccc(F)cc1. The molecule has 0 unspecified atom stereocenters. The average molecular weight is 357 g/mol. The van der Waals surface area contributed by atoms with Crippen molar-refractivity contribution in [1.29, 1.82) is 0 Å². The van der Waals surface area contributed by atoms with Gasteiger partial charge in [0.25, 0.3) is 0 Å². The maximum atomic E-state index is 12.8. The molecule has 6 heteroatoms. The van der Waals surface area contributed by atoms with Crippen LogP contribution >= 0.6 is 0 Å². The second-order valence-corrected chi connectivity index (χ2v) is 6.10. The van der Waals surface area contributed by atoms with Gasteiger partial charge >= 0.3 is 0 Å². The molecule has 0 fully saturated rings. The quantitative estimate of drug-likeness (QED) is 0.762. The Hall–Kier alpha value is -2.73. The van der Waals surface area contributed by atoms with E-state index in [1.165, 1.54) is 24.3 Å². The lowest BCUT2D eigenvalue weighted by molar-refractivity contribution is -0.119. The molecule has 2 aromatic carbocycles. The minimum absolute atomic E-state index is 0.118. The van der Waals surface area contributed by atoms with Crippen molar-refractivity contribution >= 4 is 23.2 Å². The number of aryl methyl sites for hydroxylation is 1. The summed E-state index contributed by atoms with van der Waals surface area (Å²) in [5.41, 5.74) is 2.46. The van der Waals surface area contributed by atoms with Crippen LogP contribution in [0.1, 0.15) is 18.9 Å². The monoisotopic (exact) mass is 357 g/mol. The van der Waals surface area contributed by atoms with Crippen molar-refractivity contribution in [2.45, 2.75) is 19.8 Å². The summed E-state index contributed by atoms with van der Waals surface area (Å²) in [4.78, 5) is 25.9. The van der Waals surface area contributed by atoms with Crippen molar-refractivity contribution < 1.29 is 14.0 Å². The highest BCUT2D eigenvalue weighted by Gasteiger charge is 2.10. The third-order valence-electron chi connectivity index (χ3n) is 3.93. The number of benzene rings is 2. The van der Waals surface area contributed by atoms with Crippen LogP contribution < -0.4 is 10.6 Å². The van der Waals surface area contributed by atoms with Crippen LogP contribution in [0.3, 0.4) is 0 Å². The first-order valence-electron chi connectivity index (χ1n) is 8.59. The number of carbonyl (C=O) groups excluding carboxylic acids is 2. The molecule has 2 aromatic rings. The van der Waals surface area contributed by atoms with Crippen molar-refractivity contribution in [2.75, 3.05) is 30.8 Å². The van der Waals surface area contributed by atoms with Crippen LogP contribution in [0.5, 0.6) is 0 Å². The van der Waals surface area contributed by atoms with Crippen molar-refractivity contribution in [1.82, 2.24) is 4.90 Å².